The molecule has 0 aliphatic carbocycles. The van der Waals surface area contributed by atoms with Crippen molar-refractivity contribution in [3.63, 3.8) is 0 Å². The van der Waals surface area contributed by atoms with Crippen molar-refractivity contribution < 1.29 is 24.2 Å². The highest BCUT2D eigenvalue weighted by Crippen LogP contribution is 2.35. The highest BCUT2D eigenvalue weighted by atomic mass is 79.9. The molecule has 1 heterocycles. The van der Waals surface area contributed by atoms with E-state index in [9.17, 15) is 14.9 Å². The van der Waals surface area contributed by atoms with Gasteiger partial charge in [-0.3, -0.25) is 4.79 Å². The van der Waals surface area contributed by atoms with Crippen molar-refractivity contribution in [1.82, 2.24) is 4.90 Å². The minimum Gasteiger partial charge on any atom is -0.490 e. The number of carboxylic acids is 1. The summed E-state index contributed by atoms with van der Waals surface area (Å²) in [6.07, 6.45) is 1.56. The monoisotopic (exact) mass is 589 g/mol. The number of anilines is 1. The fourth-order valence-electron chi connectivity index (χ4n) is 4.22. The molecule has 0 atom stereocenters. The maximum Gasteiger partial charge on any atom is 0.335 e. The Bertz CT molecular complexity index is 1390. The number of carboxylic acid groups (broad SMARTS) is 1. The Morgan fingerprint density at radius 1 is 1.00 bits per heavy atom. The van der Waals surface area contributed by atoms with Crippen LogP contribution in [-0.4, -0.2) is 54.7 Å². The van der Waals surface area contributed by atoms with Gasteiger partial charge < -0.3 is 24.4 Å². The van der Waals surface area contributed by atoms with E-state index in [1.807, 2.05) is 37.3 Å². The van der Waals surface area contributed by atoms with Gasteiger partial charge in [0.1, 0.15) is 18.2 Å². The van der Waals surface area contributed by atoms with Gasteiger partial charge in [0.15, 0.2) is 11.5 Å². The number of hydrogen-bond acceptors (Lipinski definition) is 6. The summed E-state index contributed by atoms with van der Waals surface area (Å²) in [5.74, 6) is -0.348. The molecule has 0 unspecified atom stereocenters. The van der Waals surface area contributed by atoms with Crippen molar-refractivity contribution in [2.24, 2.45) is 0 Å². The Morgan fingerprint density at radius 3 is 2.28 bits per heavy atom. The summed E-state index contributed by atoms with van der Waals surface area (Å²) in [5.41, 5.74) is 2.77. The van der Waals surface area contributed by atoms with Crippen molar-refractivity contribution in [3.8, 4) is 17.6 Å². The second-order valence-corrected chi connectivity index (χ2v) is 9.68. The highest BCUT2D eigenvalue weighted by molar-refractivity contribution is 9.10. The molecular weight excluding hydrogens is 562 g/mol. The first-order chi connectivity index (χ1) is 18.9. The third kappa shape index (κ3) is 6.98. The number of benzene rings is 3. The Kier molecular flexibility index (Phi) is 9.23. The predicted molar refractivity (Wildman–Crippen MR) is 152 cm³/mol. The number of amides is 1. The lowest BCUT2D eigenvalue weighted by Crippen LogP contribution is -2.49. The molecule has 0 aromatic heterocycles. The van der Waals surface area contributed by atoms with Crippen LogP contribution in [0.3, 0.4) is 0 Å². The third-order valence-electron chi connectivity index (χ3n) is 6.30. The van der Waals surface area contributed by atoms with Gasteiger partial charge in [0.05, 0.1) is 12.2 Å². The van der Waals surface area contributed by atoms with Crippen LogP contribution in [0.4, 0.5) is 5.69 Å². The number of ether oxygens (including phenoxy) is 2. The quantitative estimate of drug-likeness (QED) is 0.264. The second kappa shape index (κ2) is 13.0. The Balaban J connectivity index is 1.47. The number of rotatable bonds is 9. The molecular formula is C30H28BrN3O5. The average Bonchev–Trinajstić information content (AvgIpc) is 2.97. The van der Waals surface area contributed by atoms with Gasteiger partial charge in [-0.1, -0.05) is 46.3 Å². The van der Waals surface area contributed by atoms with E-state index in [1.165, 1.54) is 12.1 Å². The smallest absolute Gasteiger partial charge is 0.335 e. The minimum atomic E-state index is -0.988. The Morgan fingerprint density at radius 2 is 1.67 bits per heavy atom. The molecule has 1 N–H and O–H groups in total. The van der Waals surface area contributed by atoms with Gasteiger partial charge >= 0.3 is 5.97 Å². The lowest BCUT2D eigenvalue weighted by atomic mass is 10.1. The molecule has 39 heavy (non-hydrogen) atoms. The second-order valence-electron chi connectivity index (χ2n) is 8.83. The van der Waals surface area contributed by atoms with Gasteiger partial charge in [0.25, 0.3) is 5.91 Å². The van der Waals surface area contributed by atoms with Crippen molar-refractivity contribution in [2.45, 2.75) is 13.5 Å². The van der Waals surface area contributed by atoms with Crippen LogP contribution in [0.15, 0.2) is 76.8 Å². The topological polar surface area (TPSA) is 103 Å². The molecule has 0 bridgehead atoms. The molecule has 1 amide bonds. The van der Waals surface area contributed by atoms with Gasteiger partial charge in [0, 0.05) is 36.3 Å². The molecule has 0 radical (unpaired) electrons. The maximum atomic E-state index is 13.2. The van der Waals surface area contributed by atoms with Crippen LogP contribution in [-0.2, 0) is 11.4 Å². The van der Waals surface area contributed by atoms with Crippen LogP contribution < -0.4 is 14.4 Å². The van der Waals surface area contributed by atoms with Crippen LogP contribution >= 0.6 is 15.9 Å². The molecule has 1 aliphatic rings. The molecule has 1 saturated heterocycles. The van der Waals surface area contributed by atoms with Crippen molar-refractivity contribution in [1.29, 1.82) is 5.26 Å². The highest BCUT2D eigenvalue weighted by Gasteiger charge is 2.24. The zero-order valence-corrected chi connectivity index (χ0v) is 23.1. The number of piperazine rings is 1. The molecule has 9 heteroatoms. The van der Waals surface area contributed by atoms with E-state index in [1.54, 1.807) is 35.2 Å². The third-order valence-corrected chi connectivity index (χ3v) is 6.98. The van der Waals surface area contributed by atoms with Gasteiger partial charge in [0.2, 0.25) is 0 Å². The fraction of sp³-hybridized carbons (Fsp3) is 0.233. The predicted octanol–water partition coefficient (Wildman–Crippen LogP) is 5.38. The van der Waals surface area contributed by atoms with E-state index in [4.69, 9.17) is 14.6 Å². The molecule has 1 fully saturated rings. The Hall–Kier alpha value is -4.29. The maximum absolute atomic E-state index is 13.2. The lowest BCUT2D eigenvalue weighted by Gasteiger charge is -2.36. The van der Waals surface area contributed by atoms with E-state index in [0.29, 0.717) is 54.3 Å². The molecule has 3 aromatic carbocycles. The zero-order chi connectivity index (χ0) is 27.8. The Labute approximate surface area is 235 Å². The number of para-hydroxylation sites is 1. The normalized spacial score (nSPS) is 13.5. The van der Waals surface area contributed by atoms with Crippen LogP contribution in [0.25, 0.3) is 6.08 Å². The first-order valence-corrected chi connectivity index (χ1v) is 13.3. The molecule has 1 aliphatic heterocycles. The zero-order valence-electron chi connectivity index (χ0n) is 21.5. The lowest BCUT2D eigenvalue weighted by molar-refractivity contribution is -0.126. The van der Waals surface area contributed by atoms with Crippen LogP contribution in [0.5, 0.6) is 11.5 Å². The van der Waals surface area contributed by atoms with Crippen LogP contribution in [0.2, 0.25) is 0 Å². The average molecular weight is 590 g/mol. The van der Waals surface area contributed by atoms with E-state index in [-0.39, 0.29) is 23.7 Å². The number of hydrogen-bond donors (Lipinski definition) is 1. The largest absolute Gasteiger partial charge is 0.490 e. The van der Waals surface area contributed by atoms with Crippen LogP contribution in [0.1, 0.15) is 28.4 Å². The molecule has 0 saturated carbocycles. The number of carbonyl (C=O) groups excluding carboxylic acids is 1. The summed E-state index contributed by atoms with van der Waals surface area (Å²) in [5, 5.41) is 18.9. The molecule has 0 spiro atoms. The summed E-state index contributed by atoms with van der Waals surface area (Å²) in [7, 11) is 0. The van der Waals surface area contributed by atoms with Crippen molar-refractivity contribution in [2.75, 3.05) is 37.7 Å². The summed E-state index contributed by atoms with van der Waals surface area (Å²) in [6.45, 7) is 4.89. The van der Waals surface area contributed by atoms with Gasteiger partial charge in [-0.15, -0.1) is 0 Å². The van der Waals surface area contributed by atoms with Gasteiger partial charge in [-0.2, -0.15) is 5.26 Å². The minimum absolute atomic E-state index is 0.0403. The number of aromatic carboxylic acids is 1. The molecule has 3 aromatic rings. The molecule has 200 valence electrons. The van der Waals surface area contributed by atoms with E-state index < -0.39 is 5.97 Å². The first kappa shape index (κ1) is 27.7. The summed E-state index contributed by atoms with van der Waals surface area (Å²) >= 11 is 3.53. The van der Waals surface area contributed by atoms with E-state index in [0.717, 1.165) is 11.3 Å². The van der Waals surface area contributed by atoms with Crippen LogP contribution in [0, 0.1) is 11.3 Å². The SMILES string of the molecule is CCOc1cc(/C=C(/C#N)C(=O)N2CCN(c3ccccc3)CC2)c(Br)cc1OCc1ccc(C(=O)O)cc1. The molecule has 4 rings (SSSR count). The van der Waals surface area contributed by atoms with E-state index in [2.05, 4.69) is 26.9 Å². The fourth-order valence-corrected chi connectivity index (χ4v) is 4.66. The van der Waals surface area contributed by atoms with Crippen molar-refractivity contribution in [3.05, 3.63) is 93.5 Å². The number of nitriles is 1. The van der Waals surface area contributed by atoms with Gasteiger partial charge in [-0.25, -0.2) is 4.79 Å². The number of halogens is 1. The standard InChI is InChI=1S/C30H28BrN3O5/c1-2-38-27-17-23(26(31)18-28(27)39-20-21-8-10-22(11-9-21)30(36)37)16-24(19-32)29(35)34-14-12-33(13-15-34)25-6-4-3-5-7-25/h3-11,16-18H,2,12-15,20H2,1H3,(H,36,37)/b24-16-. The van der Waals surface area contributed by atoms with Gasteiger partial charge in [-0.05, 0) is 60.5 Å². The van der Waals surface area contributed by atoms with E-state index >= 15 is 0 Å². The summed E-state index contributed by atoms with van der Waals surface area (Å²) in [4.78, 5) is 28.2. The number of nitrogens with zero attached hydrogens (tertiary/aromatic N) is 3. The molecule has 8 nitrogen and oxygen atoms in total. The summed E-state index contributed by atoms with van der Waals surface area (Å²) < 4.78 is 12.4. The van der Waals surface area contributed by atoms with Crippen molar-refractivity contribution >= 4 is 39.6 Å². The number of carbonyl (C=O) groups is 2. The first-order valence-electron chi connectivity index (χ1n) is 12.5. The summed E-state index contributed by atoms with van der Waals surface area (Å²) in [6, 6.07) is 22.0.